The molecule has 0 aromatic rings. The van der Waals surface area contributed by atoms with Gasteiger partial charge in [0.25, 0.3) is 5.91 Å². The van der Waals surface area contributed by atoms with Crippen molar-refractivity contribution in [1.29, 1.82) is 0 Å². The number of imide groups is 1. The van der Waals surface area contributed by atoms with Crippen molar-refractivity contribution in [2.45, 2.75) is 37.6 Å². The fourth-order valence-electron chi connectivity index (χ4n) is 2.12. The van der Waals surface area contributed by atoms with Crippen LogP contribution in [0.15, 0.2) is 12.3 Å². The van der Waals surface area contributed by atoms with E-state index in [0.29, 0.717) is 0 Å². The molecule has 1 rings (SSSR count). The molecule has 1 heterocycles. The van der Waals surface area contributed by atoms with Crippen LogP contribution in [-0.4, -0.2) is 67.1 Å². The van der Waals surface area contributed by atoms with Crippen molar-refractivity contribution in [1.82, 2.24) is 10.2 Å². The molecule has 5 unspecified atom stereocenters. The second-order valence-electron chi connectivity index (χ2n) is 4.63. The third kappa shape index (κ3) is 4.22. The highest BCUT2D eigenvalue weighted by Gasteiger charge is 2.48. The largest absolute Gasteiger partial charge is 0.386 e. The number of nitrogens with two attached hydrogens (primary N) is 1. The minimum atomic E-state index is -0.957. The Labute approximate surface area is 122 Å². The van der Waals surface area contributed by atoms with Crippen LogP contribution in [0, 0.1) is 0 Å². The number of hydrogen-bond acceptors (Lipinski definition) is 8. The molecule has 9 heteroatoms. The zero-order valence-corrected chi connectivity index (χ0v) is 12.1. The van der Waals surface area contributed by atoms with E-state index in [9.17, 15) is 14.7 Å². The quantitative estimate of drug-likeness (QED) is 0.283. The smallest absolute Gasteiger partial charge is 0.251 e. The normalized spacial score (nSPS) is 30.3. The first-order valence-electron chi connectivity index (χ1n) is 6.32. The number of likely N-dealkylation sites (N-methyl/N-ethyl adjacent to an activating group) is 1. The second kappa shape index (κ2) is 8.05. The van der Waals surface area contributed by atoms with Crippen LogP contribution in [0.2, 0.25) is 0 Å². The number of aliphatic hydroxyl groups excluding tert-OH is 1. The fourth-order valence-corrected chi connectivity index (χ4v) is 2.12. The Balaban J connectivity index is 2.74. The first kappa shape index (κ1) is 17.5. The van der Waals surface area contributed by atoms with Crippen molar-refractivity contribution in [2.24, 2.45) is 5.90 Å². The van der Waals surface area contributed by atoms with Gasteiger partial charge in [-0.15, -0.1) is 0 Å². The maximum absolute atomic E-state index is 11.2. The molecule has 0 aromatic heterocycles. The van der Waals surface area contributed by atoms with E-state index in [2.05, 4.69) is 0 Å². The lowest BCUT2D eigenvalue weighted by Gasteiger charge is -2.25. The summed E-state index contributed by atoms with van der Waals surface area (Å²) in [6.45, 7) is 1.69. The highest BCUT2D eigenvalue weighted by Crippen LogP contribution is 2.28. The molecule has 0 radical (unpaired) electrons. The summed E-state index contributed by atoms with van der Waals surface area (Å²) < 4.78 is 10.9. The number of aliphatic hydroxyl groups is 1. The van der Waals surface area contributed by atoms with Crippen LogP contribution in [0.25, 0.3) is 0 Å². The van der Waals surface area contributed by atoms with Crippen molar-refractivity contribution in [3.63, 3.8) is 0 Å². The standard InChI is InChI=1S/C12H21N3O6/c1-7(21-13)10-11(19-3)9(18)12(20-10)15(2)5-4-8(17)14-6-16/h4-7,9-12,18H,13H2,1-3H3,(H,14,16,17)/b5-4-. The first-order chi connectivity index (χ1) is 9.96. The van der Waals surface area contributed by atoms with E-state index in [-0.39, 0.29) is 6.41 Å². The van der Waals surface area contributed by atoms with Crippen LogP contribution in [0.1, 0.15) is 6.92 Å². The first-order valence-corrected chi connectivity index (χ1v) is 6.32. The summed E-state index contributed by atoms with van der Waals surface area (Å²) in [6, 6.07) is 0. The molecule has 2 amide bonds. The van der Waals surface area contributed by atoms with Crippen LogP contribution in [0.4, 0.5) is 0 Å². The van der Waals surface area contributed by atoms with Gasteiger partial charge in [0.15, 0.2) is 6.23 Å². The predicted octanol–water partition coefficient (Wildman–Crippen LogP) is -1.92. The molecular weight excluding hydrogens is 282 g/mol. The van der Waals surface area contributed by atoms with E-state index in [1.165, 1.54) is 18.2 Å². The number of ether oxygens (including phenoxy) is 2. The maximum atomic E-state index is 11.2. The molecule has 1 fully saturated rings. The van der Waals surface area contributed by atoms with Gasteiger partial charge in [-0.2, -0.15) is 0 Å². The van der Waals surface area contributed by atoms with Gasteiger partial charge >= 0.3 is 0 Å². The number of rotatable bonds is 7. The molecular formula is C12H21N3O6. The summed E-state index contributed by atoms with van der Waals surface area (Å²) in [5.74, 6) is 4.56. The average Bonchev–Trinajstić information content (AvgIpc) is 2.81. The summed E-state index contributed by atoms with van der Waals surface area (Å²) in [7, 11) is 3.06. The van der Waals surface area contributed by atoms with Gasteiger partial charge in [0.2, 0.25) is 6.41 Å². The Morgan fingerprint density at radius 1 is 1.57 bits per heavy atom. The minimum Gasteiger partial charge on any atom is -0.386 e. The number of amides is 2. The van der Waals surface area contributed by atoms with E-state index < -0.39 is 36.6 Å². The number of carbonyl (C=O) groups is 2. The molecule has 0 aliphatic carbocycles. The average molecular weight is 303 g/mol. The van der Waals surface area contributed by atoms with Gasteiger partial charge in [0.1, 0.15) is 24.4 Å². The number of hydrogen-bond donors (Lipinski definition) is 3. The molecule has 4 N–H and O–H groups in total. The summed E-state index contributed by atoms with van der Waals surface area (Å²) >= 11 is 0. The lowest BCUT2D eigenvalue weighted by Crippen LogP contribution is -2.42. The van der Waals surface area contributed by atoms with Crippen molar-refractivity contribution in [2.75, 3.05) is 14.2 Å². The van der Waals surface area contributed by atoms with Crippen molar-refractivity contribution in [3.05, 3.63) is 12.3 Å². The molecule has 0 spiro atoms. The molecule has 9 nitrogen and oxygen atoms in total. The molecule has 1 saturated heterocycles. The highest BCUT2D eigenvalue weighted by molar-refractivity contribution is 5.94. The van der Waals surface area contributed by atoms with E-state index in [4.69, 9.17) is 20.2 Å². The molecule has 0 saturated carbocycles. The lowest BCUT2D eigenvalue weighted by molar-refractivity contribution is -0.122. The maximum Gasteiger partial charge on any atom is 0.251 e. The van der Waals surface area contributed by atoms with E-state index in [0.717, 1.165) is 6.08 Å². The molecule has 0 bridgehead atoms. The summed E-state index contributed by atoms with van der Waals surface area (Å²) in [5, 5.41) is 12.2. The second-order valence-corrected chi connectivity index (χ2v) is 4.63. The SMILES string of the molecule is COC1C(O)C(N(C)/C=C\C(=O)NC=O)OC1C(C)ON. The van der Waals surface area contributed by atoms with E-state index >= 15 is 0 Å². The number of nitrogens with zero attached hydrogens (tertiary/aromatic N) is 1. The third-order valence-electron chi connectivity index (χ3n) is 3.26. The van der Waals surface area contributed by atoms with Gasteiger partial charge in [-0.05, 0) is 6.92 Å². The topological polar surface area (TPSA) is 123 Å². The Bertz CT molecular complexity index is 391. The van der Waals surface area contributed by atoms with Gasteiger partial charge in [0.05, 0.1) is 0 Å². The predicted molar refractivity (Wildman–Crippen MR) is 71.3 cm³/mol. The molecule has 120 valence electrons. The summed E-state index contributed by atoms with van der Waals surface area (Å²) in [4.78, 5) is 27.5. The van der Waals surface area contributed by atoms with Gasteiger partial charge in [-0.3, -0.25) is 19.7 Å². The third-order valence-corrected chi connectivity index (χ3v) is 3.26. The molecule has 21 heavy (non-hydrogen) atoms. The zero-order chi connectivity index (χ0) is 16.0. The van der Waals surface area contributed by atoms with Crippen LogP contribution in [0.3, 0.4) is 0 Å². The van der Waals surface area contributed by atoms with Crippen molar-refractivity contribution in [3.8, 4) is 0 Å². The monoisotopic (exact) mass is 303 g/mol. The minimum absolute atomic E-state index is 0.283. The van der Waals surface area contributed by atoms with Gasteiger partial charge in [0, 0.05) is 26.4 Å². The van der Waals surface area contributed by atoms with Gasteiger partial charge in [-0.25, -0.2) is 5.90 Å². The van der Waals surface area contributed by atoms with Crippen LogP contribution < -0.4 is 11.2 Å². The number of carbonyl (C=O) groups excluding carboxylic acids is 2. The molecule has 1 aliphatic heterocycles. The Hall–Kier alpha value is -1.52. The van der Waals surface area contributed by atoms with E-state index in [1.807, 2.05) is 5.32 Å². The Morgan fingerprint density at radius 3 is 2.76 bits per heavy atom. The molecule has 5 atom stereocenters. The summed E-state index contributed by atoms with van der Waals surface area (Å²) in [5.41, 5.74) is 0. The molecule has 0 aromatic carbocycles. The number of nitrogens with one attached hydrogen (secondary N) is 1. The van der Waals surface area contributed by atoms with Crippen LogP contribution in [-0.2, 0) is 23.9 Å². The zero-order valence-electron chi connectivity index (χ0n) is 12.1. The fraction of sp³-hybridized carbons (Fsp3) is 0.667. The van der Waals surface area contributed by atoms with Crippen molar-refractivity contribution >= 4 is 12.3 Å². The van der Waals surface area contributed by atoms with Crippen LogP contribution in [0.5, 0.6) is 0 Å². The van der Waals surface area contributed by atoms with Crippen molar-refractivity contribution < 1.29 is 29.0 Å². The summed E-state index contributed by atoms with van der Waals surface area (Å²) in [6.07, 6.45) is -0.541. The Kier molecular flexibility index (Phi) is 6.72. The number of methoxy groups -OCH3 is 1. The highest BCUT2D eigenvalue weighted by atomic mass is 16.7. The molecule has 1 aliphatic rings. The van der Waals surface area contributed by atoms with E-state index in [1.54, 1.807) is 14.0 Å². The van der Waals surface area contributed by atoms with Crippen LogP contribution >= 0.6 is 0 Å². The Morgan fingerprint density at radius 2 is 2.24 bits per heavy atom. The van der Waals surface area contributed by atoms with Gasteiger partial charge in [-0.1, -0.05) is 0 Å². The van der Waals surface area contributed by atoms with Gasteiger partial charge < -0.3 is 19.5 Å². The lowest BCUT2D eigenvalue weighted by atomic mass is 10.1.